The van der Waals surface area contributed by atoms with E-state index in [4.69, 9.17) is 0 Å². The lowest BCUT2D eigenvalue weighted by Crippen LogP contribution is -1.84. The third kappa shape index (κ3) is 1.20. The monoisotopic (exact) mass is 198 g/mol. The lowest BCUT2D eigenvalue weighted by Gasteiger charge is -1.94. The van der Waals surface area contributed by atoms with Gasteiger partial charge in [0.2, 0.25) is 0 Å². The number of nitrogens with zero attached hydrogens (tertiary/aromatic N) is 1. The molecular formula is C7H7BrN2. The van der Waals surface area contributed by atoms with Gasteiger partial charge in [-0.2, -0.15) is 0 Å². The molecule has 0 radical (unpaired) electrons. The van der Waals surface area contributed by atoms with Crippen LogP contribution in [0.5, 0.6) is 0 Å². The van der Waals surface area contributed by atoms with Crippen molar-refractivity contribution in [3.05, 3.63) is 28.5 Å². The van der Waals surface area contributed by atoms with Crippen LogP contribution in [0.4, 0.5) is 0 Å². The highest BCUT2D eigenvalue weighted by Gasteiger charge is 2.22. The van der Waals surface area contributed by atoms with Crippen molar-refractivity contribution in [2.45, 2.75) is 6.04 Å². The van der Waals surface area contributed by atoms with Gasteiger partial charge >= 0.3 is 0 Å². The van der Waals surface area contributed by atoms with E-state index in [2.05, 4.69) is 32.3 Å². The van der Waals surface area contributed by atoms with Crippen LogP contribution in [0.25, 0.3) is 0 Å². The van der Waals surface area contributed by atoms with Gasteiger partial charge in [-0.25, -0.2) is 0 Å². The van der Waals surface area contributed by atoms with E-state index in [-0.39, 0.29) is 0 Å². The van der Waals surface area contributed by atoms with Gasteiger partial charge < -0.3 is 5.32 Å². The molecule has 1 saturated heterocycles. The van der Waals surface area contributed by atoms with Crippen molar-refractivity contribution < 1.29 is 0 Å². The maximum atomic E-state index is 4.06. The Bertz CT molecular complexity index is 245. The number of hydrogen-bond acceptors (Lipinski definition) is 2. The Hall–Kier alpha value is -0.410. The van der Waals surface area contributed by atoms with E-state index in [0.29, 0.717) is 6.04 Å². The average Bonchev–Trinajstić information content (AvgIpc) is 2.68. The minimum atomic E-state index is 0.560. The predicted molar refractivity (Wildman–Crippen MR) is 42.7 cm³/mol. The molecule has 1 aromatic heterocycles. The molecule has 1 fully saturated rings. The van der Waals surface area contributed by atoms with Crippen LogP contribution in [0.15, 0.2) is 22.9 Å². The van der Waals surface area contributed by atoms with E-state index in [1.54, 1.807) is 6.20 Å². The largest absolute Gasteiger partial charge is 0.307 e. The standard InChI is InChI=1S/C7H7BrN2/c8-6-1-5(2-9-3-6)7-4-10-7/h1-3,7,10H,4H2/t7-/m1/s1. The summed E-state index contributed by atoms with van der Waals surface area (Å²) in [5.41, 5.74) is 1.27. The average molecular weight is 199 g/mol. The van der Waals surface area contributed by atoms with Crippen LogP contribution in [-0.2, 0) is 0 Å². The van der Waals surface area contributed by atoms with Crippen molar-refractivity contribution in [2.75, 3.05) is 6.54 Å². The molecule has 1 aliphatic heterocycles. The Morgan fingerprint density at radius 1 is 1.60 bits per heavy atom. The number of pyridine rings is 1. The minimum Gasteiger partial charge on any atom is -0.307 e. The first-order valence-electron chi connectivity index (χ1n) is 3.20. The van der Waals surface area contributed by atoms with Gasteiger partial charge in [0.25, 0.3) is 0 Å². The Kier molecular flexibility index (Phi) is 1.47. The highest BCUT2D eigenvalue weighted by molar-refractivity contribution is 9.10. The fourth-order valence-electron chi connectivity index (χ4n) is 0.913. The van der Waals surface area contributed by atoms with E-state index < -0.39 is 0 Å². The molecule has 0 bridgehead atoms. The van der Waals surface area contributed by atoms with Gasteiger partial charge in [-0.05, 0) is 27.6 Å². The summed E-state index contributed by atoms with van der Waals surface area (Å²) < 4.78 is 1.05. The van der Waals surface area contributed by atoms with E-state index in [0.717, 1.165) is 11.0 Å². The van der Waals surface area contributed by atoms with E-state index in [1.165, 1.54) is 5.56 Å². The Morgan fingerprint density at radius 3 is 3.00 bits per heavy atom. The van der Waals surface area contributed by atoms with Gasteiger partial charge in [0.1, 0.15) is 0 Å². The first-order chi connectivity index (χ1) is 4.86. The summed E-state index contributed by atoms with van der Waals surface area (Å²) >= 11 is 3.37. The molecular weight excluding hydrogens is 192 g/mol. The van der Waals surface area contributed by atoms with Crippen LogP contribution in [-0.4, -0.2) is 11.5 Å². The van der Waals surface area contributed by atoms with Crippen molar-refractivity contribution in [3.63, 3.8) is 0 Å². The fraction of sp³-hybridized carbons (Fsp3) is 0.286. The van der Waals surface area contributed by atoms with Gasteiger partial charge in [-0.15, -0.1) is 0 Å². The first kappa shape index (κ1) is 6.31. The SMILES string of the molecule is Brc1cncc([C@H]2CN2)c1. The zero-order chi connectivity index (χ0) is 6.97. The Morgan fingerprint density at radius 2 is 2.40 bits per heavy atom. The van der Waals surface area contributed by atoms with Crippen molar-refractivity contribution >= 4 is 15.9 Å². The zero-order valence-electron chi connectivity index (χ0n) is 5.34. The summed E-state index contributed by atoms with van der Waals surface area (Å²) in [4.78, 5) is 4.06. The molecule has 0 aliphatic carbocycles. The number of rotatable bonds is 1. The number of aromatic nitrogens is 1. The van der Waals surface area contributed by atoms with Gasteiger partial charge in [0.15, 0.2) is 0 Å². The normalized spacial score (nSPS) is 22.7. The first-order valence-corrected chi connectivity index (χ1v) is 3.99. The van der Waals surface area contributed by atoms with Crippen LogP contribution in [0.3, 0.4) is 0 Å². The molecule has 1 aliphatic rings. The third-order valence-electron chi connectivity index (χ3n) is 1.54. The number of halogens is 1. The molecule has 0 spiro atoms. The Balaban J connectivity index is 2.32. The second kappa shape index (κ2) is 2.32. The van der Waals surface area contributed by atoms with E-state index in [9.17, 15) is 0 Å². The van der Waals surface area contributed by atoms with Gasteiger partial charge in [-0.1, -0.05) is 0 Å². The molecule has 0 aromatic carbocycles. The molecule has 1 atom stereocenters. The summed E-state index contributed by atoms with van der Waals surface area (Å²) in [6, 6.07) is 2.66. The molecule has 2 heterocycles. The molecule has 52 valence electrons. The van der Waals surface area contributed by atoms with Gasteiger partial charge in [0, 0.05) is 29.5 Å². The van der Waals surface area contributed by atoms with Crippen molar-refractivity contribution in [2.24, 2.45) is 0 Å². The second-order valence-electron chi connectivity index (χ2n) is 2.40. The van der Waals surface area contributed by atoms with Crippen LogP contribution in [0.2, 0.25) is 0 Å². The summed E-state index contributed by atoms with van der Waals surface area (Å²) in [5, 5.41) is 3.22. The number of hydrogen-bond donors (Lipinski definition) is 1. The van der Waals surface area contributed by atoms with Gasteiger partial charge in [0.05, 0.1) is 0 Å². The lowest BCUT2D eigenvalue weighted by molar-refractivity contribution is 1.05. The molecule has 3 heteroatoms. The fourth-order valence-corrected chi connectivity index (χ4v) is 1.30. The molecule has 0 unspecified atom stereocenters. The molecule has 1 aromatic rings. The van der Waals surface area contributed by atoms with Gasteiger partial charge in [-0.3, -0.25) is 4.98 Å². The molecule has 0 saturated carbocycles. The minimum absolute atomic E-state index is 0.560. The maximum absolute atomic E-state index is 4.06. The Labute approximate surface area is 67.8 Å². The van der Waals surface area contributed by atoms with Crippen molar-refractivity contribution in [3.8, 4) is 0 Å². The maximum Gasteiger partial charge on any atom is 0.0463 e. The molecule has 0 amide bonds. The highest BCUT2D eigenvalue weighted by atomic mass is 79.9. The van der Waals surface area contributed by atoms with Crippen LogP contribution in [0.1, 0.15) is 11.6 Å². The molecule has 10 heavy (non-hydrogen) atoms. The zero-order valence-corrected chi connectivity index (χ0v) is 6.93. The summed E-state index contributed by atoms with van der Waals surface area (Å²) in [6.45, 7) is 1.10. The topological polar surface area (TPSA) is 34.8 Å². The lowest BCUT2D eigenvalue weighted by atomic mass is 10.2. The number of nitrogens with one attached hydrogen (secondary N) is 1. The quantitative estimate of drug-likeness (QED) is 0.695. The second-order valence-corrected chi connectivity index (χ2v) is 3.31. The molecule has 1 N–H and O–H groups in total. The summed E-state index contributed by atoms with van der Waals surface area (Å²) in [6.07, 6.45) is 3.70. The van der Waals surface area contributed by atoms with Crippen LogP contribution < -0.4 is 5.32 Å². The highest BCUT2D eigenvalue weighted by Crippen LogP contribution is 2.22. The van der Waals surface area contributed by atoms with Crippen LogP contribution >= 0.6 is 15.9 Å². The smallest absolute Gasteiger partial charge is 0.0463 e. The molecule has 2 nitrogen and oxygen atoms in total. The van der Waals surface area contributed by atoms with Crippen molar-refractivity contribution in [1.29, 1.82) is 0 Å². The van der Waals surface area contributed by atoms with E-state index >= 15 is 0 Å². The summed E-state index contributed by atoms with van der Waals surface area (Å²) in [5.74, 6) is 0. The third-order valence-corrected chi connectivity index (χ3v) is 1.97. The molecule has 2 rings (SSSR count). The van der Waals surface area contributed by atoms with Crippen molar-refractivity contribution in [1.82, 2.24) is 10.3 Å². The van der Waals surface area contributed by atoms with E-state index in [1.807, 2.05) is 6.20 Å². The predicted octanol–water partition coefficient (Wildman–Crippen LogP) is 1.49. The van der Waals surface area contributed by atoms with Crippen LogP contribution in [0, 0.1) is 0 Å². The summed E-state index contributed by atoms with van der Waals surface area (Å²) in [7, 11) is 0.